The van der Waals surface area contributed by atoms with E-state index in [1.54, 1.807) is 0 Å². The van der Waals surface area contributed by atoms with E-state index in [2.05, 4.69) is 11.7 Å². The number of rotatable bonds is 4. The zero-order chi connectivity index (χ0) is 7.11. The van der Waals surface area contributed by atoms with Crippen LogP contribution in [0, 0.1) is 6.92 Å². The molecule has 0 aliphatic rings. The van der Waals surface area contributed by atoms with Gasteiger partial charge in [-0.05, 0) is 6.42 Å². The van der Waals surface area contributed by atoms with E-state index in [-0.39, 0.29) is 5.97 Å². The maximum atomic E-state index is 10.4. The van der Waals surface area contributed by atoms with E-state index in [4.69, 9.17) is 0 Å². The van der Waals surface area contributed by atoms with Crippen LogP contribution in [0.1, 0.15) is 25.7 Å². The molecule has 0 rings (SSSR count). The topological polar surface area (TPSA) is 26.3 Å². The lowest BCUT2D eigenvalue weighted by atomic mass is 10.2. The molecular formula is C7H13O2. The first-order chi connectivity index (χ1) is 4.31. The summed E-state index contributed by atoms with van der Waals surface area (Å²) >= 11 is 0. The summed E-state index contributed by atoms with van der Waals surface area (Å²) in [5.74, 6) is -0.122. The fraction of sp³-hybridized carbons (Fsp3) is 0.714. The van der Waals surface area contributed by atoms with Gasteiger partial charge in [-0.15, -0.1) is 0 Å². The molecule has 0 unspecified atom stereocenters. The molecule has 0 amide bonds. The first-order valence-corrected chi connectivity index (χ1v) is 3.17. The Morgan fingerprint density at radius 3 is 2.67 bits per heavy atom. The molecule has 0 bridgehead atoms. The first kappa shape index (κ1) is 8.47. The number of hydrogen-bond donors (Lipinski definition) is 0. The summed E-state index contributed by atoms with van der Waals surface area (Å²) in [5, 5.41) is 0. The van der Waals surface area contributed by atoms with Gasteiger partial charge in [0, 0.05) is 6.42 Å². The van der Waals surface area contributed by atoms with Gasteiger partial charge in [0.15, 0.2) is 0 Å². The van der Waals surface area contributed by atoms with Crippen molar-refractivity contribution in [3.05, 3.63) is 6.92 Å². The van der Waals surface area contributed by atoms with Gasteiger partial charge in [-0.3, -0.25) is 4.79 Å². The van der Waals surface area contributed by atoms with Crippen molar-refractivity contribution in [1.82, 2.24) is 0 Å². The molecule has 0 fully saturated rings. The van der Waals surface area contributed by atoms with Gasteiger partial charge in [0.1, 0.15) is 0 Å². The Kier molecular flexibility index (Phi) is 5.27. The van der Waals surface area contributed by atoms with E-state index >= 15 is 0 Å². The molecule has 2 heteroatoms. The maximum absolute atomic E-state index is 10.4. The normalized spacial score (nSPS) is 9.11. The van der Waals surface area contributed by atoms with Crippen LogP contribution in [0.25, 0.3) is 0 Å². The number of methoxy groups -OCH3 is 1. The highest BCUT2D eigenvalue weighted by Gasteiger charge is 1.96. The molecule has 0 aliphatic carbocycles. The van der Waals surface area contributed by atoms with Crippen LogP contribution in [-0.4, -0.2) is 13.1 Å². The fourth-order valence-corrected chi connectivity index (χ4v) is 0.548. The van der Waals surface area contributed by atoms with Crippen molar-refractivity contribution in [2.45, 2.75) is 25.7 Å². The lowest BCUT2D eigenvalue weighted by Crippen LogP contribution is -1.98. The van der Waals surface area contributed by atoms with E-state index in [0.717, 1.165) is 19.3 Å². The Morgan fingerprint density at radius 1 is 1.56 bits per heavy atom. The molecule has 0 saturated heterocycles. The smallest absolute Gasteiger partial charge is 0.305 e. The van der Waals surface area contributed by atoms with Crippen molar-refractivity contribution in [2.75, 3.05) is 7.11 Å². The van der Waals surface area contributed by atoms with Gasteiger partial charge in [0.05, 0.1) is 7.11 Å². The molecule has 0 aliphatic heterocycles. The third-order valence-corrected chi connectivity index (χ3v) is 1.11. The second-order valence-corrected chi connectivity index (χ2v) is 1.89. The number of carbonyl (C=O) groups excluding carboxylic acids is 1. The van der Waals surface area contributed by atoms with Crippen molar-refractivity contribution in [3.63, 3.8) is 0 Å². The second kappa shape index (κ2) is 5.60. The number of esters is 1. The molecule has 0 N–H and O–H groups in total. The molecule has 0 saturated carbocycles. The lowest BCUT2D eigenvalue weighted by molar-refractivity contribution is -0.140. The van der Waals surface area contributed by atoms with Crippen molar-refractivity contribution in [1.29, 1.82) is 0 Å². The number of carbonyl (C=O) groups is 1. The first-order valence-electron chi connectivity index (χ1n) is 3.17. The second-order valence-electron chi connectivity index (χ2n) is 1.89. The number of hydrogen-bond acceptors (Lipinski definition) is 2. The average molecular weight is 129 g/mol. The highest BCUT2D eigenvalue weighted by Crippen LogP contribution is 1.98. The summed E-state index contributed by atoms with van der Waals surface area (Å²) in [6.07, 6.45) is 3.34. The fourth-order valence-electron chi connectivity index (χ4n) is 0.548. The molecule has 0 heterocycles. The van der Waals surface area contributed by atoms with Gasteiger partial charge in [-0.1, -0.05) is 19.8 Å². The van der Waals surface area contributed by atoms with Crippen molar-refractivity contribution in [3.8, 4) is 0 Å². The van der Waals surface area contributed by atoms with E-state index in [0.29, 0.717) is 6.42 Å². The van der Waals surface area contributed by atoms with Crippen molar-refractivity contribution in [2.24, 2.45) is 0 Å². The highest BCUT2D eigenvalue weighted by molar-refractivity contribution is 5.68. The summed E-state index contributed by atoms with van der Waals surface area (Å²) in [6, 6.07) is 0. The summed E-state index contributed by atoms with van der Waals surface area (Å²) in [7, 11) is 1.41. The van der Waals surface area contributed by atoms with Crippen LogP contribution in [0.4, 0.5) is 0 Å². The highest BCUT2D eigenvalue weighted by atomic mass is 16.5. The minimum Gasteiger partial charge on any atom is -0.469 e. The van der Waals surface area contributed by atoms with E-state index in [1.807, 2.05) is 0 Å². The van der Waals surface area contributed by atoms with Crippen LogP contribution < -0.4 is 0 Å². The summed E-state index contributed by atoms with van der Waals surface area (Å²) in [6.45, 7) is 3.66. The Morgan fingerprint density at radius 2 is 2.22 bits per heavy atom. The molecule has 53 valence electrons. The molecule has 0 aromatic rings. The average Bonchev–Trinajstić information content (AvgIpc) is 1.89. The van der Waals surface area contributed by atoms with Gasteiger partial charge >= 0.3 is 5.97 Å². The van der Waals surface area contributed by atoms with Gasteiger partial charge in [-0.2, -0.15) is 0 Å². The largest absolute Gasteiger partial charge is 0.469 e. The van der Waals surface area contributed by atoms with Crippen LogP contribution in [-0.2, 0) is 9.53 Å². The summed E-state index contributed by atoms with van der Waals surface area (Å²) < 4.78 is 4.44. The zero-order valence-electron chi connectivity index (χ0n) is 5.85. The van der Waals surface area contributed by atoms with Gasteiger partial charge in [0.25, 0.3) is 0 Å². The predicted molar refractivity (Wildman–Crippen MR) is 35.8 cm³/mol. The SMILES string of the molecule is [CH2]CCCCC(=O)OC. The molecule has 0 spiro atoms. The Bertz CT molecular complexity index is 79.0. The van der Waals surface area contributed by atoms with Crippen LogP contribution in [0.5, 0.6) is 0 Å². The van der Waals surface area contributed by atoms with E-state index < -0.39 is 0 Å². The summed E-state index contributed by atoms with van der Waals surface area (Å²) in [5.41, 5.74) is 0. The molecular weight excluding hydrogens is 116 g/mol. The zero-order valence-corrected chi connectivity index (χ0v) is 5.85. The quantitative estimate of drug-likeness (QED) is 0.425. The number of unbranched alkanes of at least 4 members (excludes halogenated alkanes) is 2. The Hall–Kier alpha value is -0.530. The number of ether oxygens (including phenoxy) is 1. The minimum atomic E-state index is -0.122. The van der Waals surface area contributed by atoms with Gasteiger partial charge in [0.2, 0.25) is 0 Å². The standard InChI is InChI=1S/C7H13O2/c1-3-4-5-6-7(8)9-2/h1,3-6H2,2H3. The van der Waals surface area contributed by atoms with Crippen LogP contribution in [0.15, 0.2) is 0 Å². The Balaban J connectivity index is 2.97. The van der Waals surface area contributed by atoms with Crippen LogP contribution in [0.3, 0.4) is 0 Å². The summed E-state index contributed by atoms with van der Waals surface area (Å²) in [4.78, 5) is 10.4. The van der Waals surface area contributed by atoms with Crippen LogP contribution >= 0.6 is 0 Å². The Labute approximate surface area is 56.2 Å². The van der Waals surface area contributed by atoms with Gasteiger partial charge in [-0.25, -0.2) is 0 Å². The predicted octanol–water partition coefficient (Wildman–Crippen LogP) is 1.55. The van der Waals surface area contributed by atoms with Crippen LogP contribution in [0.2, 0.25) is 0 Å². The van der Waals surface area contributed by atoms with Gasteiger partial charge < -0.3 is 4.74 Å². The molecule has 9 heavy (non-hydrogen) atoms. The molecule has 0 aromatic heterocycles. The molecule has 0 aromatic carbocycles. The monoisotopic (exact) mass is 129 g/mol. The lowest BCUT2D eigenvalue weighted by Gasteiger charge is -1.95. The third kappa shape index (κ3) is 5.34. The van der Waals surface area contributed by atoms with E-state index in [9.17, 15) is 4.79 Å². The molecule has 0 atom stereocenters. The van der Waals surface area contributed by atoms with Crippen molar-refractivity contribution >= 4 is 5.97 Å². The maximum Gasteiger partial charge on any atom is 0.305 e. The van der Waals surface area contributed by atoms with Crippen molar-refractivity contribution < 1.29 is 9.53 Å². The third-order valence-electron chi connectivity index (χ3n) is 1.11. The molecule has 1 radical (unpaired) electrons. The minimum absolute atomic E-state index is 0.122. The van der Waals surface area contributed by atoms with E-state index in [1.165, 1.54) is 7.11 Å². The molecule has 2 nitrogen and oxygen atoms in total.